The first-order valence-corrected chi connectivity index (χ1v) is 5.87. The quantitative estimate of drug-likeness (QED) is 0.412. The molecule has 0 aromatic heterocycles. The van der Waals surface area contributed by atoms with Crippen LogP contribution in [-0.2, 0) is 28.5 Å². The lowest BCUT2D eigenvalue weighted by atomic mass is 10.6. The van der Waals surface area contributed by atoms with Gasteiger partial charge in [-0.3, -0.25) is 4.79 Å². The van der Waals surface area contributed by atoms with E-state index in [0.717, 1.165) is 0 Å². The van der Waals surface area contributed by atoms with E-state index in [1.54, 1.807) is 7.11 Å². The normalized spacial score (nSPS) is 10.4. The molecule has 8 nitrogen and oxygen atoms in total. The van der Waals surface area contributed by atoms with Crippen molar-refractivity contribution in [2.24, 2.45) is 0 Å². The van der Waals surface area contributed by atoms with Gasteiger partial charge < -0.3 is 29.4 Å². The molecule has 0 bridgehead atoms. The maximum absolute atomic E-state index is 11.1. The topological polar surface area (TPSA) is 103 Å². The zero-order valence-corrected chi connectivity index (χ0v) is 11.1. The minimum absolute atomic E-state index is 0.271. The number of nitrogens with one attached hydrogen (secondary N) is 1. The summed E-state index contributed by atoms with van der Waals surface area (Å²) in [6.45, 7) is 1.93. The fourth-order valence-electron chi connectivity index (χ4n) is 1.01. The highest BCUT2D eigenvalue weighted by molar-refractivity contribution is 5.77. The van der Waals surface area contributed by atoms with E-state index in [4.69, 9.17) is 19.3 Å². The van der Waals surface area contributed by atoms with E-state index in [0.29, 0.717) is 39.6 Å². The SMILES string of the molecule is COCCOCCOCCNC(=O)COCC(=O)O. The molecule has 8 heteroatoms. The van der Waals surface area contributed by atoms with Crippen molar-refractivity contribution >= 4 is 11.9 Å². The molecule has 0 fully saturated rings. The molecule has 19 heavy (non-hydrogen) atoms. The molecule has 0 atom stereocenters. The lowest BCUT2D eigenvalue weighted by Gasteiger charge is -2.07. The predicted octanol–water partition coefficient (Wildman–Crippen LogP) is -1.12. The van der Waals surface area contributed by atoms with Gasteiger partial charge in [0.2, 0.25) is 5.91 Å². The Bertz CT molecular complexity index is 247. The fraction of sp³-hybridized carbons (Fsp3) is 0.818. The number of methoxy groups -OCH3 is 1. The standard InChI is InChI=1S/C11H21NO7/c1-16-4-5-18-7-6-17-3-2-12-10(13)8-19-9-11(14)15/h2-9H2,1H3,(H,12,13)(H,14,15). The third-order valence-corrected chi connectivity index (χ3v) is 1.83. The van der Waals surface area contributed by atoms with Crippen molar-refractivity contribution in [1.29, 1.82) is 0 Å². The number of hydrogen-bond acceptors (Lipinski definition) is 6. The van der Waals surface area contributed by atoms with Gasteiger partial charge in [-0.05, 0) is 0 Å². The molecule has 0 rings (SSSR count). The number of amides is 1. The second kappa shape index (κ2) is 13.2. The van der Waals surface area contributed by atoms with Crippen LogP contribution in [0.15, 0.2) is 0 Å². The zero-order valence-electron chi connectivity index (χ0n) is 11.1. The Balaban J connectivity index is 3.16. The Morgan fingerprint density at radius 2 is 1.58 bits per heavy atom. The van der Waals surface area contributed by atoms with Crippen LogP contribution in [0.2, 0.25) is 0 Å². The van der Waals surface area contributed by atoms with Crippen LogP contribution in [0.4, 0.5) is 0 Å². The van der Waals surface area contributed by atoms with Gasteiger partial charge in [-0.2, -0.15) is 0 Å². The smallest absolute Gasteiger partial charge is 0.329 e. The fourth-order valence-corrected chi connectivity index (χ4v) is 1.01. The summed E-state index contributed by atoms with van der Waals surface area (Å²) in [6, 6.07) is 0. The van der Waals surface area contributed by atoms with Crippen molar-refractivity contribution in [3.8, 4) is 0 Å². The second-order valence-corrected chi connectivity index (χ2v) is 3.45. The minimum Gasteiger partial charge on any atom is -0.480 e. The predicted molar refractivity (Wildman–Crippen MR) is 65.0 cm³/mol. The van der Waals surface area contributed by atoms with Crippen molar-refractivity contribution in [2.45, 2.75) is 0 Å². The average Bonchev–Trinajstić information content (AvgIpc) is 2.36. The first-order valence-electron chi connectivity index (χ1n) is 5.87. The number of carboxylic acid groups (broad SMARTS) is 1. The van der Waals surface area contributed by atoms with E-state index < -0.39 is 12.6 Å². The molecule has 2 N–H and O–H groups in total. The number of carbonyl (C=O) groups is 2. The van der Waals surface area contributed by atoms with Crippen molar-refractivity contribution < 1.29 is 33.6 Å². The van der Waals surface area contributed by atoms with Crippen LogP contribution in [0, 0.1) is 0 Å². The number of aliphatic carboxylic acids is 1. The molecule has 0 aliphatic rings. The van der Waals surface area contributed by atoms with Crippen LogP contribution in [0.1, 0.15) is 0 Å². The highest BCUT2D eigenvalue weighted by Gasteiger charge is 2.02. The van der Waals surface area contributed by atoms with Crippen LogP contribution in [0.25, 0.3) is 0 Å². The molecule has 112 valence electrons. The Labute approximate surface area is 112 Å². The molecule has 0 spiro atoms. The van der Waals surface area contributed by atoms with Gasteiger partial charge in [-0.15, -0.1) is 0 Å². The molecule has 0 heterocycles. The summed E-state index contributed by atoms with van der Waals surface area (Å²) in [6.07, 6.45) is 0. The summed E-state index contributed by atoms with van der Waals surface area (Å²) in [5.74, 6) is -1.48. The van der Waals surface area contributed by atoms with E-state index in [1.807, 2.05) is 0 Å². The molecular weight excluding hydrogens is 258 g/mol. The van der Waals surface area contributed by atoms with Gasteiger partial charge in [0.1, 0.15) is 13.2 Å². The van der Waals surface area contributed by atoms with Gasteiger partial charge in [0.05, 0.1) is 33.0 Å². The van der Waals surface area contributed by atoms with Gasteiger partial charge in [0, 0.05) is 13.7 Å². The van der Waals surface area contributed by atoms with Crippen molar-refractivity contribution in [1.82, 2.24) is 5.32 Å². The van der Waals surface area contributed by atoms with E-state index in [2.05, 4.69) is 10.1 Å². The number of carbonyl (C=O) groups excluding carboxylic acids is 1. The largest absolute Gasteiger partial charge is 0.480 e. The lowest BCUT2D eigenvalue weighted by Crippen LogP contribution is -2.31. The zero-order chi connectivity index (χ0) is 14.3. The monoisotopic (exact) mass is 279 g/mol. The minimum atomic E-state index is -1.11. The first-order chi connectivity index (χ1) is 9.16. The Morgan fingerprint density at radius 1 is 0.947 bits per heavy atom. The Hall–Kier alpha value is -1.22. The average molecular weight is 279 g/mol. The lowest BCUT2D eigenvalue weighted by molar-refractivity contribution is -0.143. The van der Waals surface area contributed by atoms with E-state index in [1.165, 1.54) is 0 Å². The van der Waals surface area contributed by atoms with Crippen LogP contribution < -0.4 is 5.32 Å². The van der Waals surface area contributed by atoms with Crippen molar-refractivity contribution in [3.63, 3.8) is 0 Å². The maximum atomic E-state index is 11.1. The number of ether oxygens (including phenoxy) is 4. The molecule has 1 amide bonds. The van der Waals surface area contributed by atoms with Crippen LogP contribution in [0.5, 0.6) is 0 Å². The van der Waals surface area contributed by atoms with Crippen molar-refractivity contribution in [3.05, 3.63) is 0 Å². The molecule has 0 radical (unpaired) electrons. The van der Waals surface area contributed by atoms with Gasteiger partial charge >= 0.3 is 5.97 Å². The Morgan fingerprint density at radius 3 is 2.21 bits per heavy atom. The summed E-state index contributed by atoms with van der Waals surface area (Å²) < 4.78 is 19.8. The van der Waals surface area contributed by atoms with Gasteiger partial charge in [0.25, 0.3) is 0 Å². The second-order valence-electron chi connectivity index (χ2n) is 3.45. The molecular formula is C11H21NO7. The Kier molecular flexibility index (Phi) is 12.4. The van der Waals surface area contributed by atoms with Crippen LogP contribution >= 0.6 is 0 Å². The summed E-state index contributed by atoms with van der Waals surface area (Å²) >= 11 is 0. The maximum Gasteiger partial charge on any atom is 0.329 e. The molecule has 0 aliphatic heterocycles. The van der Waals surface area contributed by atoms with Crippen molar-refractivity contribution in [2.75, 3.05) is 59.9 Å². The first kappa shape index (κ1) is 17.8. The molecule has 0 saturated carbocycles. The molecule has 0 aliphatic carbocycles. The summed E-state index contributed by atoms with van der Waals surface area (Å²) in [5, 5.41) is 10.8. The third-order valence-electron chi connectivity index (χ3n) is 1.83. The summed E-state index contributed by atoms with van der Waals surface area (Å²) in [5.41, 5.74) is 0. The van der Waals surface area contributed by atoms with Gasteiger partial charge in [0.15, 0.2) is 0 Å². The molecule has 0 saturated heterocycles. The van der Waals surface area contributed by atoms with Gasteiger partial charge in [-0.25, -0.2) is 4.79 Å². The van der Waals surface area contributed by atoms with E-state index in [-0.39, 0.29) is 12.5 Å². The summed E-state index contributed by atoms with van der Waals surface area (Å²) in [4.78, 5) is 21.2. The third kappa shape index (κ3) is 14.7. The molecule has 0 aromatic carbocycles. The number of hydrogen-bond donors (Lipinski definition) is 2. The van der Waals surface area contributed by atoms with Crippen LogP contribution in [0.3, 0.4) is 0 Å². The van der Waals surface area contributed by atoms with Gasteiger partial charge in [-0.1, -0.05) is 0 Å². The highest BCUT2D eigenvalue weighted by Crippen LogP contribution is 1.80. The highest BCUT2D eigenvalue weighted by atomic mass is 16.5. The number of rotatable bonds is 13. The molecule has 0 unspecified atom stereocenters. The number of carboxylic acids is 1. The summed E-state index contributed by atoms with van der Waals surface area (Å²) in [7, 11) is 1.60. The molecule has 0 aromatic rings. The van der Waals surface area contributed by atoms with E-state index in [9.17, 15) is 9.59 Å². The van der Waals surface area contributed by atoms with Crippen LogP contribution in [-0.4, -0.2) is 76.9 Å². The van der Waals surface area contributed by atoms with E-state index >= 15 is 0 Å².